The molecule has 2 aromatic heterocycles. The van der Waals surface area contributed by atoms with E-state index < -0.39 is 24.4 Å². The van der Waals surface area contributed by atoms with Gasteiger partial charge in [-0.25, -0.2) is 9.78 Å². The van der Waals surface area contributed by atoms with E-state index in [1.54, 1.807) is 0 Å². The van der Waals surface area contributed by atoms with Crippen molar-refractivity contribution < 1.29 is 32.2 Å². The number of fused-ring (bicyclic) bond motifs is 1. The zero-order valence-corrected chi connectivity index (χ0v) is 11.4. The topological polar surface area (TPSA) is 65.5 Å². The first-order valence-corrected chi connectivity index (χ1v) is 6.40. The fraction of sp³-hybridized carbons (Fsp3) is 0.250. The number of carbonyl (C=O) groups is 2. The Morgan fingerprint density at radius 2 is 2.19 bits per heavy atom. The van der Waals surface area contributed by atoms with E-state index in [2.05, 4.69) is 9.72 Å². The molecular formula is C12H8F3NO4S. The van der Waals surface area contributed by atoms with E-state index >= 15 is 0 Å². The van der Waals surface area contributed by atoms with Crippen LogP contribution in [-0.2, 0) is 15.7 Å². The smallest absolute Gasteiger partial charge is 0.433 e. The maximum absolute atomic E-state index is 12.8. The highest BCUT2D eigenvalue weighted by molar-refractivity contribution is 7.13. The Hall–Kier alpha value is -2.16. The number of ether oxygens (including phenoxy) is 2. The van der Waals surface area contributed by atoms with Crippen LogP contribution in [0.1, 0.15) is 15.4 Å². The minimum Gasteiger partial charge on any atom is -0.485 e. The number of pyridine rings is 1. The molecule has 9 heteroatoms. The molecule has 0 aliphatic carbocycles. The average molecular weight is 319 g/mol. The Morgan fingerprint density at radius 1 is 1.48 bits per heavy atom. The van der Waals surface area contributed by atoms with Gasteiger partial charge < -0.3 is 9.47 Å². The average Bonchev–Trinajstić information content (AvgIpc) is 2.86. The van der Waals surface area contributed by atoms with Crippen LogP contribution in [0.2, 0.25) is 0 Å². The van der Waals surface area contributed by atoms with Crippen LogP contribution in [0.3, 0.4) is 0 Å². The molecule has 0 saturated heterocycles. The van der Waals surface area contributed by atoms with Crippen LogP contribution in [0, 0.1) is 0 Å². The third kappa shape index (κ3) is 2.97. The summed E-state index contributed by atoms with van der Waals surface area (Å²) in [6.07, 6.45) is -4.30. The molecule has 0 atom stereocenters. The van der Waals surface area contributed by atoms with Gasteiger partial charge in [-0.1, -0.05) is 0 Å². The molecule has 0 spiro atoms. The van der Waals surface area contributed by atoms with Crippen molar-refractivity contribution in [3.63, 3.8) is 0 Å². The molecule has 0 fully saturated rings. The number of esters is 1. The highest BCUT2D eigenvalue weighted by Crippen LogP contribution is 2.37. The van der Waals surface area contributed by atoms with E-state index in [9.17, 15) is 22.8 Å². The summed E-state index contributed by atoms with van der Waals surface area (Å²) in [5.74, 6) is -0.950. The molecular weight excluding hydrogens is 311 g/mol. The Bertz CT molecular complexity index is 696. The van der Waals surface area contributed by atoms with E-state index in [4.69, 9.17) is 4.74 Å². The molecule has 0 aliphatic heterocycles. The minimum absolute atomic E-state index is 0.0606. The molecule has 0 unspecified atom stereocenters. The molecule has 2 aromatic rings. The quantitative estimate of drug-likeness (QED) is 0.640. The van der Waals surface area contributed by atoms with Crippen LogP contribution in [0.5, 0.6) is 5.75 Å². The maximum atomic E-state index is 12.8. The second-order valence-electron chi connectivity index (χ2n) is 3.80. The third-order valence-electron chi connectivity index (χ3n) is 2.50. The van der Waals surface area contributed by atoms with Crippen LogP contribution in [-0.4, -0.2) is 31.0 Å². The Balaban J connectivity index is 2.67. The molecule has 0 amide bonds. The van der Waals surface area contributed by atoms with Gasteiger partial charge in [-0.05, 0) is 0 Å². The lowest BCUT2D eigenvalue weighted by atomic mass is 10.2. The number of carbonyl (C=O) groups excluding carboxylic acids is 2. The number of aromatic nitrogens is 1. The largest absolute Gasteiger partial charge is 0.485 e. The van der Waals surface area contributed by atoms with Crippen molar-refractivity contribution in [2.45, 2.75) is 6.18 Å². The zero-order chi connectivity index (χ0) is 15.6. The van der Waals surface area contributed by atoms with Crippen molar-refractivity contribution in [2.75, 3.05) is 13.7 Å². The van der Waals surface area contributed by atoms with E-state index in [0.717, 1.165) is 18.4 Å². The van der Waals surface area contributed by atoms with Crippen molar-refractivity contribution in [3.8, 4) is 5.75 Å². The molecule has 0 N–H and O–H groups in total. The first kappa shape index (κ1) is 15.2. The molecule has 0 aliphatic rings. The van der Waals surface area contributed by atoms with Gasteiger partial charge in [0.25, 0.3) is 0 Å². The highest BCUT2D eigenvalue weighted by Gasteiger charge is 2.34. The van der Waals surface area contributed by atoms with Crippen LogP contribution in [0.15, 0.2) is 11.4 Å². The molecule has 5 nitrogen and oxygen atoms in total. The van der Waals surface area contributed by atoms with Crippen LogP contribution in [0.4, 0.5) is 13.2 Å². The van der Waals surface area contributed by atoms with E-state index in [1.165, 1.54) is 5.38 Å². The number of nitrogens with zero attached hydrogens (tertiary/aromatic N) is 1. The summed E-state index contributed by atoms with van der Waals surface area (Å²) in [6, 6.07) is 0.694. The van der Waals surface area contributed by atoms with Gasteiger partial charge in [0.1, 0.15) is 28.4 Å². The van der Waals surface area contributed by atoms with Crippen LogP contribution in [0.25, 0.3) is 10.9 Å². The zero-order valence-electron chi connectivity index (χ0n) is 10.6. The summed E-state index contributed by atoms with van der Waals surface area (Å²) in [7, 11) is 1.12. The number of hydrogen-bond acceptors (Lipinski definition) is 6. The van der Waals surface area contributed by atoms with Gasteiger partial charge in [0.15, 0.2) is 6.29 Å². The van der Waals surface area contributed by atoms with Crippen molar-refractivity contribution in [3.05, 3.63) is 22.0 Å². The predicted octanol–water partition coefficient (Wildman–Crippen LogP) is 2.68. The number of alkyl halides is 3. The molecule has 0 radical (unpaired) electrons. The van der Waals surface area contributed by atoms with Gasteiger partial charge in [-0.2, -0.15) is 13.2 Å². The summed E-state index contributed by atoms with van der Waals surface area (Å²) >= 11 is 0.890. The number of aldehydes is 1. The SMILES string of the molecule is COC(=O)c1scc2c(OCC=O)cc(C(F)(F)F)nc12. The molecule has 21 heavy (non-hydrogen) atoms. The van der Waals surface area contributed by atoms with Crippen molar-refractivity contribution in [2.24, 2.45) is 0 Å². The summed E-state index contributed by atoms with van der Waals surface area (Å²) in [5.41, 5.74) is -1.37. The molecule has 0 aromatic carbocycles. The second kappa shape index (κ2) is 5.68. The van der Waals surface area contributed by atoms with Gasteiger partial charge in [-0.3, -0.25) is 4.79 Å². The van der Waals surface area contributed by atoms with Gasteiger partial charge in [0.2, 0.25) is 0 Å². The highest BCUT2D eigenvalue weighted by atomic mass is 32.1. The lowest BCUT2D eigenvalue weighted by Crippen LogP contribution is -2.10. The van der Waals surface area contributed by atoms with E-state index in [1.807, 2.05) is 0 Å². The fourth-order valence-corrected chi connectivity index (χ4v) is 2.53. The van der Waals surface area contributed by atoms with Crippen molar-refractivity contribution >= 4 is 34.5 Å². The maximum Gasteiger partial charge on any atom is 0.433 e. The number of methoxy groups -OCH3 is 1. The lowest BCUT2D eigenvalue weighted by Gasteiger charge is -2.10. The standard InChI is InChI=1S/C12H8F3NO4S/c1-19-11(18)10-9-6(5-21-10)7(20-3-2-17)4-8(16-9)12(13,14)15/h2,4-5H,3H2,1H3. The number of thiophene rings is 1. The van der Waals surface area contributed by atoms with Crippen LogP contribution < -0.4 is 4.74 Å². The Kier molecular flexibility index (Phi) is 4.12. The Morgan fingerprint density at radius 3 is 2.76 bits per heavy atom. The monoisotopic (exact) mass is 319 g/mol. The van der Waals surface area contributed by atoms with E-state index in [-0.39, 0.29) is 21.5 Å². The molecule has 0 bridgehead atoms. The Labute approximate surface area is 120 Å². The molecule has 112 valence electrons. The summed E-state index contributed by atoms with van der Waals surface area (Å²) in [4.78, 5) is 25.3. The molecule has 2 heterocycles. The second-order valence-corrected chi connectivity index (χ2v) is 4.68. The van der Waals surface area contributed by atoms with Gasteiger partial charge in [-0.15, -0.1) is 11.3 Å². The number of rotatable bonds is 4. The summed E-state index contributed by atoms with van der Waals surface area (Å²) in [6.45, 7) is -0.403. The first-order valence-electron chi connectivity index (χ1n) is 5.52. The molecule has 2 rings (SSSR count). The van der Waals surface area contributed by atoms with Crippen molar-refractivity contribution in [1.29, 1.82) is 0 Å². The minimum atomic E-state index is -4.71. The fourth-order valence-electron chi connectivity index (χ4n) is 1.62. The predicted molar refractivity (Wildman–Crippen MR) is 67.5 cm³/mol. The number of halogens is 3. The lowest BCUT2D eigenvalue weighted by molar-refractivity contribution is -0.141. The van der Waals surface area contributed by atoms with Gasteiger partial charge in [0.05, 0.1) is 12.5 Å². The number of hydrogen-bond donors (Lipinski definition) is 0. The van der Waals surface area contributed by atoms with Crippen LogP contribution >= 0.6 is 11.3 Å². The van der Waals surface area contributed by atoms with Gasteiger partial charge in [0, 0.05) is 11.4 Å². The third-order valence-corrected chi connectivity index (χ3v) is 3.45. The summed E-state index contributed by atoms with van der Waals surface area (Å²) < 4.78 is 48.0. The van der Waals surface area contributed by atoms with Gasteiger partial charge >= 0.3 is 12.1 Å². The normalized spacial score (nSPS) is 11.4. The molecule has 0 saturated carbocycles. The first-order chi connectivity index (χ1) is 9.88. The van der Waals surface area contributed by atoms with Crippen molar-refractivity contribution in [1.82, 2.24) is 4.98 Å². The summed E-state index contributed by atoms with van der Waals surface area (Å²) in [5, 5.41) is 1.64. The van der Waals surface area contributed by atoms with E-state index in [0.29, 0.717) is 12.4 Å².